The summed E-state index contributed by atoms with van der Waals surface area (Å²) in [6.45, 7) is 4.62. The highest BCUT2D eigenvalue weighted by molar-refractivity contribution is 7.89. The number of piperazine rings is 1. The Morgan fingerprint density at radius 1 is 1.00 bits per heavy atom. The molecule has 2 aromatic carbocycles. The van der Waals surface area contributed by atoms with Gasteiger partial charge in [-0.3, -0.25) is 4.79 Å². The fraction of sp³-hybridized carbons (Fsp3) is 0.345. The van der Waals surface area contributed by atoms with Gasteiger partial charge in [-0.2, -0.15) is 4.31 Å². The number of ether oxygens (including phenoxy) is 1. The molecule has 1 N–H and O–H groups in total. The molecule has 0 radical (unpaired) electrons. The van der Waals surface area contributed by atoms with E-state index in [1.54, 1.807) is 29.6 Å². The summed E-state index contributed by atoms with van der Waals surface area (Å²) < 4.78 is 34.0. The maximum absolute atomic E-state index is 13.4. The SMILES string of the molecule is CCOC(=O)N1CCN(S(=O)(=O)c2ccc(C(=O)Nc3sc4c(c3-c3nc5ccccc5s3)CCN(C)C4)cc2)CC1. The first-order valence-electron chi connectivity index (χ1n) is 13.8. The zero-order chi connectivity index (χ0) is 29.4. The van der Waals surface area contributed by atoms with Gasteiger partial charge in [0.2, 0.25) is 10.0 Å². The summed E-state index contributed by atoms with van der Waals surface area (Å²) >= 11 is 3.20. The fourth-order valence-electron chi connectivity index (χ4n) is 5.25. The number of likely N-dealkylation sites (N-methyl/N-ethyl adjacent to an activating group) is 1. The molecule has 10 nitrogen and oxygen atoms in total. The number of sulfonamides is 1. The van der Waals surface area contributed by atoms with Crippen molar-refractivity contribution >= 4 is 59.9 Å². The molecule has 2 aliphatic rings. The van der Waals surface area contributed by atoms with Crippen LogP contribution in [0, 0.1) is 0 Å². The van der Waals surface area contributed by atoms with E-state index in [9.17, 15) is 18.0 Å². The number of amides is 2. The van der Waals surface area contributed by atoms with Gasteiger partial charge in [-0.15, -0.1) is 22.7 Å². The Bertz CT molecular complexity index is 1710. The van der Waals surface area contributed by atoms with Crippen molar-refractivity contribution in [2.45, 2.75) is 24.8 Å². The third kappa shape index (κ3) is 5.54. The normalized spacial score (nSPS) is 16.4. The molecule has 42 heavy (non-hydrogen) atoms. The van der Waals surface area contributed by atoms with E-state index in [1.165, 1.54) is 43.9 Å². The molecule has 1 saturated heterocycles. The van der Waals surface area contributed by atoms with Gasteiger partial charge in [-0.25, -0.2) is 18.2 Å². The second-order valence-electron chi connectivity index (χ2n) is 10.3. The maximum atomic E-state index is 13.4. The van der Waals surface area contributed by atoms with E-state index >= 15 is 0 Å². The highest BCUT2D eigenvalue weighted by atomic mass is 32.2. The lowest BCUT2D eigenvalue weighted by molar-refractivity contribution is 0.0933. The van der Waals surface area contributed by atoms with Gasteiger partial charge in [0.15, 0.2) is 0 Å². The van der Waals surface area contributed by atoms with Crippen LogP contribution in [-0.4, -0.2) is 85.9 Å². The number of para-hydroxylation sites is 1. The third-order valence-electron chi connectivity index (χ3n) is 7.50. The molecule has 2 aromatic heterocycles. The van der Waals surface area contributed by atoms with Crippen molar-refractivity contribution < 1.29 is 22.7 Å². The summed E-state index contributed by atoms with van der Waals surface area (Å²) in [5.41, 5.74) is 3.51. The molecular formula is C29H31N5O5S3. The second-order valence-corrected chi connectivity index (χ2v) is 14.3. The summed E-state index contributed by atoms with van der Waals surface area (Å²) in [6.07, 6.45) is 0.444. The summed E-state index contributed by atoms with van der Waals surface area (Å²) in [5, 5.41) is 4.75. The zero-order valence-corrected chi connectivity index (χ0v) is 25.8. The first kappa shape index (κ1) is 28.7. The van der Waals surface area contributed by atoms with E-state index in [1.807, 2.05) is 18.2 Å². The van der Waals surface area contributed by atoms with Gasteiger partial charge in [0.25, 0.3) is 5.91 Å². The minimum Gasteiger partial charge on any atom is -0.450 e. The number of benzene rings is 2. The highest BCUT2D eigenvalue weighted by Crippen LogP contribution is 2.45. The number of aromatic nitrogens is 1. The van der Waals surface area contributed by atoms with Gasteiger partial charge in [-0.1, -0.05) is 12.1 Å². The fourth-order valence-corrected chi connectivity index (χ4v) is 9.11. The minimum atomic E-state index is -3.77. The number of thiazole rings is 1. The Hall–Kier alpha value is -3.36. The predicted octanol–water partition coefficient (Wildman–Crippen LogP) is 4.73. The molecule has 220 valence electrons. The Kier molecular flexibility index (Phi) is 8.03. The van der Waals surface area contributed by atoms with Crippen LogP contribution in [-0.2, 0) is 27.7 Å². The molecule has 2 aliphatic heterocycles. The number of fused-ring (bicyclic) bond motifs is 2. The molecule has 13 heteroatoms. The van der Waals surface area contributed by atoms with Crippen molar-refractivity contribution in [1.29, 1.82) is 0 Å². The van der Waals surface area contributed by atoms with Crippen LogP contribution in [0.1, 0.15) is 27.7 Å². The lowest BCUT2D eigenvalue weighted by atomic mass is 10.0. The van der Waals surface area contributed by atoms with Crippen molar-refractivity contribution in [2.24, 2.45) is 0 Å². The van der Waals surface area contributed by atoms with Gasteiger partial charge in [0, 0.05) is 55.3 Å². The lowest BCUT2D eigenvalue weighted by Crippen LogP contribution is -2.50. The second kappa shape index (κ2) is 11.7. The van der Waals surface area contributed by atoms with Crippen molar-refractivity contribution in [3.05, 3.63) is 64.5 Å². The topological polar surface area (TPSA) is 112 Å². The molecule has 1 fully saturated rings. The van der Waals surface area contributed by atoms with Crippen LogP contribution in [0.3, 0.4) is 0 Å². The third-order valence-corrected chi connectivity index (χ3v) is 11.6. The molecule has 0 spiro atoms. The molecule has 0 saturated carbocycles. The Morgan fingerprint density at radius 2 is 1.74 bits per heavy atom. The molecule has 4 aromatic rings. The molecule has 6 rings (SSSR count). The average Bonchev–Trinajstić information content (AvgIpc) is 3.57. The van der Waals surface area contributed by atoms with Crippen LogP contribution < -0.4 is 5.32 Å². The number of rotatable bonds is 6. The molecule has 0 aliphatic carbocycles. The average molecular weight is 626 g/mol. The number of nitrogens with one attached hydrogen (secondary N) is 1. The van der Waals surface area contributed by atoms with E-state index in [0.717, 1.165) is 45.3 Å². The number of carbonyl (C=O) groups is 2. The molecule has 4 heterocycles. The van der Waals surface area contributed by atoms with Crippen LogP contribution in [0.15, 0.2) is 53.4 Å². The van der Waals surface area contributed by atoms with E-state index < -0.39 is 16.1 Å². The van der Waals surface area contributed by atoms with Crippen LogP contribution in [0.25, 0.3) is 20.8 Å². The van der Waals surface area contributed by atoms with Crippen LogP contribution in [0.5, 0.6) is 0 Å². The monoisotopic (exact) mass is 625 g/mol. The lowest BCUT2D eigenvalue weighted by Gasteiger charge is -2.33. The molecular weight excluding hydrogens is 595 g/mol. The van der Waals surface area contributed by atoms with Crippen LogP contribution in [0.2, 0.25) is 0 Å². The van der Waals surface area contributed by atoms with Gasteiger partial charge >= 0.3 is 6.09 Å². The van der Waals surface area contributed by atoms with Gasteiger partial charge in [0.1, 0.15) is 10.0 Å². The van der Waals surface area contributed by atoms with E-state index in [-0.39, 0.29) is 43.6 Å². The number of thiophene rings is 1. The number of anilines is 1. The van der Waals surface area contributed by atoms with Crippen molar-refractivity contribution in [1.82, 2.24) is 19.1 Å². The number of hydrogen-bond donors (Lipinski definition) is 1. The Morgan fingerprint density at radius 3 is 2.45 bits per heavy atom. The van der Waals surface area contributed by atoms with E-state index in [4.69, 9.17) is 9.72 Å². The summed E-state index contributed by atoms with van der Waals surface area (Å²) in [6, 6.07) is 14.0. The molecule has 2 amide bonds. The molecule has 0 atom stereocenters. The molecule has 0 unspecified atom stereocenters. The quantitative estimate of drug-likeness (QED) is 0.330. The largest absolute Gasteiger partial charge is 0.450 e. The predicted molar refractivity (Wildman–Crippen MR) is 165 cm³/mol. The van der Waals surface area contributed by atoms with Gasteiger partial charge in [0.05, 0.1) is 21.7 Å². The van der Waals surface area contributed by atoms with Crippen molar-refractivity contribution in [3.8, 4) is 10.6 Å². The standard InChI is InChI=1S/C29H31N5O5S3/c1-3-39-29(36)33-14-16-34(17-15-33)42(37,38)20-10-8-19(9-11-20)26(35)31-28-25(21-12-13-32(2)18-24(21)41-28)27-30-22-6-4-5-7-23(22)40-27/h4-11H,3,12-18H2,1-2H3,(H,31,35). The number of carbonyl (C=O) groups excluding carboxylic acids is 2. The number of hydrogen-bond acceptors (Lipinski definition) is 9. The zero-order valence-electron chi connectivity index (χ0n) is 23.3. The first-order valence-corrected chi connectivity index (χ1v) is 16.8. The minimum absolute atomic E-state index is 0.105. The van der Waals surface area contributed by atoms with Gasteiger partial charge in [-0.05, 0) is 62.4 Å². The first-order chi connectivity index (χ1) is 20.2. The van der Waals surface area contributed by atoms with Crippen molar-refractivity contribution in [3.63, 3.8) is 0 Å². The highest BCUT2D eigenvalue weighted by Gasteiger charge is 2.31. The smallest absolute Gasteiger partial charge is 0.409 e. The molecule has 0 bridgehead atoms. The number of nitrogens with zero attached hydrogens (tertiary/aromatic N) is 4. The van der Waals surface area contributed by atoms with E-state index in [0.29, 0.717) is 5.56 Å². The Balaban J connectivity index is 1.21. The Labute approximate surface area is 252 Å². The summed E-state index contributed by atoms with van der Waals surface area (Å²) in [4.78, 5) is 35.4. The summed E-state index contributed by atoms with van der Waals surface area (Å²) in [7, 11) is -1.68. The van der Waals surface area contributed by atoms with Crippen LogP contribution in [0.4, 0.5) is 9.80 Å². The van der Waals surface area contributed by atoms with Crippen LogP contribution >= 0.6 is 22.7 Å². The van der Waals surface area contributed by atoms with Crippen molar-refractivity contribution in [2.75, 3.05) is 51.7 Å². The summed E-state index contributed by atoms with van der Waals surface area (Å²) in [5.74, 6) is -0.309. The van der Waals surface area contributed by atoms with Gasteiger partial charge < -0.3 is 19.9 Å². The van der Waals surface area contributed by atoms with E-state index in [2.05, 4.69) is 23.3 Å². The maximum Gasteiger partial charge on any atom is 0.409 e.